The minimum absolute atomic E-state index is 0.0102. The van der Waals surface area contributed by atoms with Gasteiger partial charge in [-0.1, -0.05) is 30.3 Å². The SMILES string of the molecule is COP(=O)(OC)C(CC(=O)OCc1ccccc1)C(=O)O. The summed E-state index contributed by atoms with van der Waals surface area (Å²) in [6, 6.07) is 8.91. The topological polar surface area (TPSA) is 99.1 Å². The van der Waals surface area contributed by atoms with Gasteiger partial charge in [-0.2, -0.15) is 0 Å². The summed E-state index contributed by atoms with van der Waals surface area (Å²) in [5, 5.41) is 9.07. The van der Waals surface area contributed by atoms with Crippen LogP contribution in [0.15, 0.2) is 30.3 Å². The van der Waals surface area contributed by atoms with Crippen LogP contribution in [-0.2, 0) is 34.5 Å². The summed E-state index contributed by atoms with van der Waals surface area (Å²) in [5.74, 6) is -2.24. The Labute approximate surface area is 122 Å². The van der Waals surface area contributed by atoms with Gasteiger partial charge in [-0.15, -0.1) is 0 Å². The molecule has 1 N–H and O–H groups in total. The number of benzene rings is 1. The van der Waals surface area contributed by atoms with E-state index in [4.69, 9.17) is 9.84 Å². The lowest BCUT2D eigenvalue weighted by molar-refractivity contribution is -0.148. The smallest absolute Gasteiger partial charge is 0.344 e. The molecule has 1 atom stereocenters. The van der Waals surface area contributed by atoms with E-state index in [1.807, 2.05) is 6.07 Å². The van der Waals surface area contributed by atoms with Crippen molar-refractivity contribution in [1.29, 1.82) is 0 Å². The number of aliphatic carboxylic acids is 1. The Kier molecular flexibility index (Phi) is 6.55. The van der Waals surface area contributed by atoms with E-state index in [1.54, 1.807) is 24.3 Å². The molecule has 0 bridgehead atoms. The molecule has 0 amide bonds. The fourth-order valence-corrected chi connectivity index (χ4v) is 2.92. The van der Waals surface area contributed by atoms with Gasteiger partial charge in [0, 0.05) is 14.2 Å². The van der Waals surface area contributed by atoms with Crippen molar-refractivity contribution in [3.8, 4) is 0 Å². The molecule has 0 aromatic heterocycles. The van der Waals surface area contributed by atoms with Crippen molar-refractivity contribution in [2.24, 2.45) is 0 Å². The molecule has 1 unspecified atom stereocenters. The van der Waals surface area contributed by atoms with Crippen molar-refractivity contribution in [1.82, 2.24) is 0 Å². The van der Waals surface area contributed by atoms with Crippen LogP contribution in [0.4, 0.5) is 0 Å². The molecule has 0 fully saturated rings. The first-order valence-electron chi connectivity index (χ1n) is 6.06. The van der Waals surface area contributed by atoms with Crippen molar-refractivity contribution in [3.05, 3.63) is 35.9 Å². The van der Waals surface area contributed by atoms with Crippen molar-refractivity contribution in [2.45, 2.75) is 18.7 Å². The van der Waals surface area contributed by atoms with Gasteiger partial charge >= 0.3 is 19.5 Å². The Balaban J connectivity index is 2.65. The number of carbonyl (C=O) groups excluding carboxylic acids is 1. The molecule has 0 saturated carbocycles. The molecule has 0 heterocycles. The second-order valence-corrected chi connectivity index (χ2v) is 6.54. The first-order valence-corrected chi connectivity index (χ1v) is 7.67. The van der Waals surface area contributed by atoms with Crippen molar-refractivity contribution < 1.29 is 33.0 Å². The zero-order chi connectivity index (χ0) is 15.9. The summed E-state index contributed by atoms with van der Waals surface area (Å²) < 4.78 is 26.3. The van der Waals surface area contributed by atoms with Crippen LogP contribution in [0, 0.1) is 0 Å². The number of rotatable bonds is 8. The number of hydrogen-bond donors (Lipinski definition) is 1. The zero-order valence-electron chi connectivity index (χ0n) is 11.7. The number of carboxylic acid groups (broad SMARTS) is 1. The highest BCUT2D eigenvalue weighted by Crippen LogP contribution is 2.53. The Bertz CT molecular complexity index is 521. The summed E-state index contributed by atoms with van der Waals surface area (Å²) in [6.45, 7) is 0.0102. The molecular formula is C13H17O7P. The van der Waals surface area contributed by atoms with Gasteiger partial charge in [0.1, 0.15) is 6.61 Å². The Morgan fingerprint density at radius 3 is 2.24 bits per heavy atom. The second kappa shape index (κ2) is 7.93. The van der Waals surface area contributed by atoms with Crippen LogP contribution in [0.25, 0.3) is 0 Å². The number of carboxylic acids is 1. The summed E-state index contributed by atoms with van der Waals surface area (Å²) in [5.41, 5.74) is -0.838. The normalized spacial score (nSPS) is 12.7. The Morgan fingerprint density at radius 1 is 1.19 bits per heavy atom. The van der Waals surface area contributed by atoms with E-state index in [-0.39, 0.29) is 6.61 Å². The average molecular weight is 316 g/mol. The monoisotopic (exact) mass is 316 g/mol. The minimum atomic E-state index is -3.90. The van der Waals surface area contributed by atoms with Gasteiger partial charge < -0.3 is 18.9 Å². The summed E-state index contributed by atoms with van der Waals surface area (Å²) in [7, 11) is -1.77. The van der Waals surface area contributed by atoms with Gasteiger partial charge in [0.25, 0.3) is 0 Å². The van der Waals surface area contributed by atoms with E-state index >= 15 is 0 Å². The van der Waals surface area contributed by atoms with Crippen molar-refractivity contribution in [2.75, 3.05) is 14.2 Å². The van der Waals surface area contributed by atoms with Gasteiger partial charge in [0.2, 0.25) is 0 Å². The van der Waals surface area contributed by atoms with Gasteiger partial charge in [0.05, 0.1) is 6.42 Å². The maximum absolute atomic E-state index is 12.1. The highest BCUT2D eigenvalue weighted by atomic mass is 31.2. The molecule has 1 rings (SSSR count). The third-order valence-electron chi connectivity index (χ3n) is 2.78. The van der Waals surface area contributed by atoms with Gasteiger partial charge in [-0.25, -0.2) is 0 Å². The van der Waals surface area contributed by atoms with E-state index in [1.165, 1.54) is 0 Å². The van der Waals surface area contributed by atoms with Crippen LogP contribution in [0.2, 0.25) is 0 Å². The maximum Gasteiger partial charge on any atom is 0.344 e. The quantitative estimate of drug-likeness (QED) is 0.579. The van der Waals surface area contributed by atoms with Crippen molar-refractivity contribution in [3.63, 3.8) is 0 Å². The average Bonchev–Trinajstić information content (AvgIpc) is 2.50. The first kappa shape index (κ1) is 17.4. The van der Waals surface area contributed by atoms with E-state index in [2.05, 4.69) is 9.05 Å². The molecule has 21 heavy (non-hydrogen) atoms. The molecule has 0 saturated heterocycles. The number of hydrogen-bond acceptors (Lipinski definition) is 6. The standard InChI is InChI=1S/C13H17O7P/c1-18-21(17,19-2)11(13(15)16)8-12(14)20-9-10-6-4-3-5-7-10/h3-7,11H,8-9H2,1-2H3,(H,15,16). The van der Waals surface area contributed by atoms with Crippen LogP contribution in [0.5, 0.6) is 0 Å². The number of esters is 1. The largest absolute Gasteiger partial charge is 0.481 e. The molecule has 0 radical (unpaired) electrons. The summed E-state index contributed by atoms with van der Waals surface area (Å²) >= 11 is 0. The fraction of sp³-hybridized carbons (Fsp3) is 0.385. The fourth-order valence-electron chi connectivity index (χ4n) is 1.62. The number of carbonyl (C=O) groups is 2. The van der Waals surface area contributed by atoms with Gasteiger partial charge in [0.15, 0.2) is 5.66 Å². The van der Waals surface area contributed by atoms with E-state index in [9.17, 15) is 14.2 Å². The summed E-state index contributed by atoms with van der Waals surface area (Å²) in [4.78, 5) is 22.8. The first-order chi connectivity index (χ1) is 9.92. The van der Waals surface area contributed by atoms with Crippen LogP contribution >= 0.6 is 7.60 Å². The molecule has 0 aliphatic heterocycles. The maximum atomic E-state index is 12.1. The predicted molar refractivity (Wildman–Crippen MR) is 73.9 cm³/mol. The molecule has 0 aliphatic carbocycles. The molecule has 0 spiro atoms. The zero-order valence-corrected chi connectivity index (χ0v) is 12.6. The molecule has 0 aliphatic rings. The predicted octanol–water partition coefficient (Wildman–Crippen LogP) is 2.06. The third-order valence-corrected chi connectivity index (χ3v) is 4.96. The van der Waals surface area contributed by atoms with E-state index in [0.717, 1.165) is 19.8 Å². The molecule has 7 nitrogen and oxygen atoms in total. The number of ether oxygens (including phenoxy) is 1. The highest BCUT2D eigenvalue weighted by Gasteiger charge is 2.42. The Hall–Kier alpha value is -1.69. The lowest BCUT2D eigenvalue weighted by Crippen LogP contribution is -2.26. The van der Waals surface area contributed by atoms with Crippen LogP contribution in [-0.4, -0.2) is 36.9 Å². The van der Waals surface area contributed by atoms with Crippen LogP contribution in [0.3, 0.4) is 0 Å². The third kappa shape index (κ3) is 4.97. The molecule has 1 aromatic rings. The molecule has 116 valence electrons. The minimum Gasteiger partial charge on any atom is -0.481 e. The van der Waals surface area contributed by atoms with Crippen molar-refractivity contribution >= 4 is 19.5 Å². The lowest BCUT2D eigenvalue weighted by atomic mass is 10.2. The second-order valence-electron chi connectivity index (χ2n) is 4.11. The van der Waals surface area contributed by atoms with Gasteiger partial charge in [-0.05, 0) is 5.56 Å². The van der Waals surface area contributed by atoms with Crippen LogP contribution in [0.1, 0.15) is 12.0 Å². The van der Waals surface area contributed by atoms with E-state index < -0.39 is 31.6 Å². The lowest BCUT2D eigenvalue weighted by Gasteiger charge is -2.20. The molecular weight excluding hydrogens is 299 g/mol. The Morgan fingerprint density at radius 2 is 1.76 bits per heavy atom. The summed E-state index contributed by atoms with van der Waals surface area (Å²) in [6.07, 6.45) is -0.596. The molecule has 1 aromatic carbocycles. The van der Waals surface area contributed by atoms with Crippen LogP contribution < -0.4 is 0 Å². The highest BCUT2D eigenvalue weighted by molar-refractivity contribution is 7.55. The molecule has 8 heteroatoms. The van der Waals surface area contributed by atoms with Gasteiger partial charge in [-0.3, -0.25) is 14.2 Å². The van der Waals surface area contributed by atoms with E-state index in [0.29, 0.717) is 0 Å².